The van der Waals surface area contributed by atoms with Crippen molar-refractivity contribution in [2.24, 2.45) is 0 Å². The molecule has 0 aromatic heterocycles. The summed E-state index contributed by atoms with van der Waals surface area (Å²) in [5, 5.41) is 9.26. The highest BCUT2D eigenvalue weighted by Gasteiger charge is 2.23. The Morgan fingerprint density at radius 3 is 2.57 bits per heavy atom. The van der Waals surface area contributed by atoms with E-state index in [1.807, 2.05) is 0 Å². The molecule has 2 N–H and O–H groups in total. The average molecular weight is 395 g/mol. The number of halogens is 3. The summed E-state index contributed by atoms with van der Waals surface area (Å²) in [4.78, 5) is -0.569. The molecule has 0 amide bonds. The molecule has 2 aromatic carbocycles. The number of aliphatic hydroxyl groups excluding tert-OH is 1. The van der Waals surface area contributed by atoms with E-state index in [0.29, 0.717) is 4.47 Å². The van der Waals surface area contributed by atoms with Crippen molar-refractivity contribution in [3.05, 3.63) is 57.3 Å². The van der Waals surface area contributed by atoms with Crippen molar-refractivity contribution >= 4 is 43.2 Å². The Morgan fingerprint density at radius 2 is 1.95 bits per heavy atom. The summed E-state index contributed by atoms with van der Waals surface area (Å²) in [6.45, 7) is -0.611. The Morgan fingerprint density at radius 1 is 1.29 bits per heavy atom. The SMILES string of the molecule is O=S(=O)(Nc1ccccc1Cl)c1cc(Br)cc(CO)c1F. The van der Waals surface area contributed by atoms with E-state index in [9.17, 15) is 12.8 Å². The molecule has 0 radical (unpaired) electrons. The lowest BCUT2D eigenvalue weighted by Gasteiger charge is -2.12. The molecule has 0 bridgehead atoms. The fourth-order valence-corrected chi connectivity index (χ4v) is 3.80. The van der Waals surface area contributed by atoms with Gasteiger partial charge in [-0.2, -0.15) is 0 Å². The summed E-state index contributed by atoms with van der Waals surface area (Å²) in [7, 11) is -4.17. The molecular formula is C13H10BrClFNO3S. The Balaban J connectivity index is 2.50. The molecule has 2 rings (SSSR count). The zero-order valence-electron chi connectivity index (χ0n) is 10.5. The Labute approximate surface area is 134 Å². The van der Waals surface area contributed by atoms with Crippen molar-refractivity contribution in [3.8, 4) is 0 Å². The molecule has 112 valence electrons. The molecule has 0 aliphatic carbocycles. The van der Waals surface area contributed by atoms with Crippen molar-refractivity contribution < 1.29 is 17.9 Å². The van der Waals surface area contributed by atoms with E-state index in [0.717, 1.165) is 6.07 Å². The summed E-state index contributed by atoms with van der Waals surface area (Å²) in [5.41, 5.74) is 0.0213. The van der Waals surface area contributed by atoms with Crippen LogP contribution in [0.3, 0.4) is 0 Å². The topological polar surface area (TPSA) is 66.4 Å². The number of hydrogen-bond acceptors (Lipinski definition) is 3. The molecule has 21 heavy (non-hydrogen) atoms. The third-order valence-electron chi connectivity index (χ3n) is 2.66. The van der Waals surface area contributed by atoms with Crippen molar-refractivity contribution in [2.75, 3.05) is 4.72 Å². The summed E-state index contributed by atoms with van der Waals surface area (Å²) in [5.74, 6) is -1.000. The van der Waals surface area contributed by atoms with Crippen LogP contribution in [0.15, 0.2) is 45.8 Å². The molecule has 0 saturated carbocycles. The first kappa shape index (κ1) is 16.2. The fraction of sp³-hybridized carbons (Fsp3) is 0.0769. The van der Waals surface area contributed by atoms with Gasteiger partial charge in [0.1, 0.15) is 10.7 Å². The van der Waals surface area contributed by atoms with Crippen LogP contribution in [-0.4, -0.2) is 13.5 Å². The van der Waals surface area contributed by atoms with E-state index in [4.69, 9.17) is 16.7 Å². The van der Waals surface area contributed by atoms with Crippen molar-refractivity contribution in [1.82, 2.24) is 0 Å². The van der Waals surface area contributed by atoms with Gasteiger partial charge in [0.05, 0.1) is 17.3 Å². The zero-order chi connectivity index (χ0) is 15.6. The lowest BCUT2D eigenvalue weighted by atomic mass is 10.2. The van der Waals surface area contributed by atoms with E-state index in [1.165, 1.54) is 18.2 Å². The van der Waals surface area contributed by atoms with Crippen LogP contribution < -0.4 is 4.72 Å². The number of aliphatic hydroxyl groups is 1. The number of nitrogens with one attached hydrogen (secondary N) is 1. The number of anilines is 1. The molecule has 0 unspecified atom stereocenters. The number of hydrogen-bond donors (Lipinski definition) is 2. The second kappa shape index (κ2) is 6.31. The van der Waals surface area contributed by atoms with E-state index >= 15 is 0 Å². The molecular weight excluding hydrogens is 385 g/mol. The van der Waals surface area contributed by atoms with E-state index in [1.54, 1.807) is 12.1 Å². The van der Waals surface area contributed by atoms with Gasteiger partial charge in [0.25, 0.3) is 10.0 Å². The summed E-state index contributed by atoms with van der Waals surface area (Å²) < 4.78 is 41.2. The predicted octanol–water partition coefficient (Wildman–Crippen LogP) is 3.53. The van der Waals surface area contributed by atoms with Crippen molar-refractivity contribution in [1.29, 1.82) is 0 Å². The van der Waals surface area contributed by atoms with Crippen molar-refractivity contribution in [2.45, 2.75) is 11.5 Å². The molecule has 2 aromatic rings. The highest BCUT2D eigenvalue weighted by molar-refractivity contribution is 9.10. The number of rotatable bonds is 4. The van der Waals surface area contributed by atoms with Crippen LogP contribution in [0, 0.1) is 5.82 Å². The molecule has 0 aliphatic heterocycles. The highest BCUT2D eigenvalue weighted by Crippen LogP contribution is 2.28. The lowest BCUT2D eigenvalue weighted by molar-refractivity contribution is 0.274. The fourth-order valence-electron chi connectivity index (χ4n) is 1.67. The first-order chi connectivity index (χ1) is 9.85. The molecule has 0 saturated heterocycles. The van der Waals surface area contributed by atoms with Crippen LogP contribution in [0.4, 0.5) is 10.1 Å². The lowest BCUT2D eigenvalue weighted by Crippen LogP contribution is -2.16. The van der Waals surface area contributed by atoms with Crippen LogP contribution in [-0.2, 0) is 16.6 Å². The van der Waals surface area contributed by atoms with Gasteiger partial charge in [0.2, 0.25) is 0 Å². The van der Waals surface area contributed by atoms with E-state index < -0.39 is 27.3 Å². The van der Waals surface area contributed by atoms with Gasteiger partial charge in [0, 0.05) is 10.0 Å². The first-order valence-corrected chi connectivity index (χ1v) is 8.36. The maximum Gasteiger partial charge on any atom is 0.264 e. The van der Waals surface area contributed by atoms with Gasteiger partial charge >= 0.3 is 0 Å². The van der Waals surface area contributed by atoms with Gasteiger partial charge in [-0.05, 0) is 24.3 Å². The Kier molecular flexibility index (Phi) is 4.88. The Hall–Kier alpha value is -1.15. The first-order valence-electron chi connectivity index (χ1n) is 5.71. The van der Waals surface area contributed by atoms with E-state index in [2.05, 4.69) is 20.7 Å². The highest BCUT2D eigenvalue weighted by atomic mass is 79.9. The third kappa shape index (κ3) is 3.55. The normalized spacial score (nSPS) is 11.4. The number of sulfonamides is 1. The molecule has 4 nitrogen and oxygen atoms in total. The largest absolute Gasteiger partial charge is 0.392 e. The van der Waals surface area contributed by atoms with Gasteiger partial charge in [-0.1, -0.05) is 39.7 Å². The quantitative estimate of drug-likeness (QED) is 0.833. The standard InChI is InChI=1S/C13H10BrClFNO3S/c14-9-5-8(7-18)13(16)12(6-9)21(19,20)17-11-4-2-1-3-10(11)15/h1-6,17-18H,7H2. The van der Waals surface area contributed by atoms with Crippen LogP contribution >= 0.6 is 27.5 Å². The van der Waals surface area contributed by atoms with Crippen LogP contribution in [0.1, 0.15) is 5.56 Å². The molecule has 0 aliphatic rings. The van der Waals surface area contributed by atoms with Gasteiger partial charge < -0.3 is 5.11 Å². The van der Waals surface area contributed by atoms with Crippen LogP contribution in [0.25, 0.3) is 0 Å². The predicted molar refractivity (Wildman–Crippen MR) is 82.3 cm³/mol. The minimum atomic E-state index is -4.17. The maximum atomic E-state index is 14.1. The molecule has 0 fully saturated rings. The maximum absolute atomic E-state index is 14.1. The summed E-state index contributed by atoms with van der Waals surface area (Å²) >= 11 is 8.96. The second-order valence-electron chi connectivity index (χ2n) is 4.12. The minimum absolute atomic E-state index is 0.121. The number of para-hydroxylation sites is 1. The zero-order valence-corrected chi connectivity index (χ0v) is 13.6. The van der Waals surface area contributed by atoms with Gasteiger partial charge in [0.15, 0.2) is 0 Å². The third-order valence-corrected chi connectivity index (χ3v) is 4.81. The average Bonchev–Trinajstić information content (AvgIpc) is 2.43. The summed E-state index contributed by atoms with van der Waals surface area (Å²) in [6.07, 6.45) is 0. The smallest absolute Gasteiger partial charge is 0.264 e. The minimum Gasteiger partial charge on any atom is -0.392 e. The molecule has 0 spiro atoms. The van der Waals surface area contributed by atoms with Gasteiger partial charge in [-0.25, -0.2) is 12.8 Å². The van der Waals surface area contributed by atoms with E-state index in [-0.39, 0.29) is 16.3 Å². The molecule has 8 heteroatoms. The Bertz CT molecular complexity index is 783. The van der Waals surface area contributed by atoms with Crippen LogP contribution in [0.2, 0.25) is 5.02 Å². The second-order valence-corrected chi connectivity index (χ2v) is 7.09. The molecule has 0 atom stereocenters. The van der Waals surface area contributed by atoms with Gasteiger partial charge in [-0.3, -0.25) is 4.72 Å². The molecule has 0 heterocycles. The van der Waals surface area contributed by atoms with Crippen molar-refractivity contribution in [3.63, 3.8) is 0 Å². The van der Waals surface area contributed by atoms with Crippen LogP contribution in [0.5, 0.6) is 0 Å². The van der Waals surface area contributed by atoms with Gasteiger partial charge in [-0.15, -0.1) is 0 Å². The monoisotopic (exact) mass is 393 g/mol. The summed E-state index contributed by atoms with van der Waals surface area (Å²) in [6, 6.07) is 8.64. The number of benzene rings is 2.